The lowest BCUT2D eigenvalue weighted by atomic mass is 9.73. The summed E-state index contributed by atoms with van der Waals surface area (Å²) in [4.78, 5) is 4.64. The first kappa shape index (κ1) is 49.3. The Balaban J connectivity index is 0.892. The number of rotatable bonds is 13. The predicted octanol–water partition coefficient (Wildman–Crippen LogP) is 21.3. The van der Waals surface area contributed by atoms with Crippen molar-refractivity contribution in [3.05, 3.63) is 331 Å². The number of hydrogen-bond acceptors (Lipinski definition) is 2. The van der Waals surface area contributed by atoms with Crippen LogP contribution < -0.4 is 9.80 Å². The van der Waals surface area contributed by atoms with E-state index in [9.17, 15) is 0 Å². The van der Waals surface area contributed by atoms with Gasteiger partial charge in [0.2, 0.25) is 0 Å². The van der Waals surface area contributed by atoms with Crippen LogP contribution in [0.2, 0.25) is 0 Å². The van der Waals surface area contributed by atoms with E-state index in [0.717, 1.165) is 34.1 Å². The van der Waals surface area contributed by atoms with Gasteiger partial charge in [-0.25, -0.2) is 0 Å². The van der Waals surface area contributed by atoms with Gasteiger partial charge in [0.15, 0.2) is 0 Å². The molecule has 388 valence electrons. The van der Waals surface area contributed by atoms with Crippen LogP contribution >= 0.6 is 0 Å². The Hall–Kier alpha value is -9.96. The van der Waals surface area contributed by atoms with Gasteiger partial charge in [-0.1, -0.05) is 215 Å². The first-order valence-electron chi connectivity index (χ1n) is 28.3. The minimum atomic E-state index is -0.340. The van der Waals surface area contributed by atoms with Crippen molar-refractivity contribution in [1.82, 2.24) is 4.57 Å². The topological polar surface area (TPSA) is 11.4 Å². The molecule has 0 saturated carbocycles. The van der Waals surface area contributed by atoms with E-state index in [0.29, 0.717) is 0 Å². The zero-order valence-electron chi connectivity index (χ0n) is 45.9. The largest absolute Gasteiger partial charge is 0.311 e. The molecule has 2 heterocycles. The summed E-state index contributed by atoms with van der Waals surface area (Å²) in [7, 11) is 0. The van der Waals surface area contributed by atoms with Crippen LogP contribution in [0, 0.1) is 0 Å². The molecule has 14 rings (SSSR count). The molecule has 0 N–H and O–H groups in total. The number of anilines is 6. The van der Waals surface area contributed by atoms with Crippen LogP contribution in [0.4, 0.5) is 34.1 Å². The van der Waals surface area contributed by atoms with Gasteiger partial charge in [0.25, 0.3) is 0 Å². The maximum atomic E-state index is 2.55. The van der Waals surface area contributed by atoms with E-state index >= 15 is 0 Å². The van der Waals surface area contributed by atoms with Gasteiger partial charge < -0.3 is 14.4 Å². The van der Waals surface area contributed by atoms with Crippen LogP contribution in [0.1, 0.15) is 60.4 Å². The van der Waals surface area contributed by atoms with E-state index in [-0.39, 0.29) is 17.3 Å². The molecule has 1 aliphatic rings. The average Bonchev–Trinajstić information content (AvgIpc) is 3.74. The monoisotopic (exact) mass is 1040 g/mol. The highest BCUT2D eigenvalue weighted by Gasteiger charge is 2.36. The lowest BCUT2D eigenvalue weighted by molar-refractivity contribution is 0.630. The first-order chi connectivity index (χ1) is 39.9. The normalized spacial score (nSPS) is 13.1. The van der Waals surface area contributed by atoms with Crippen LogP contribution in [-0.2, 0) is 5.41 Å². The molecular weight excluding hydrogens is 979 g/mol. The quantitative estimate of drug-likeness (QED) is 0.114. The zero-order valence-corrected chi connectivity index (χ0v) is 45.9. The maximum Gasteiger partial charge on any atom is 0.0582 e. The second-order valence-corrected chi connectivity index (χ2v) is 22.2. The molecule has 1 aliphatic heterocycles. The summed E-state index contributed by atoms with van der Waals surface area (Å²) in [5.74, 6) is 0.481. The molecule has 0 aliphatic carbocycles. The van der Waals surface area contributed by atoms with E-state index in [4.69, 9.17) is 0 Å². The van der Waals surface area contributed by atoms with Gasteiger partial charge in [0.1, 0.15) is 0 Å². The SMILES string of the molecule is CC(c1ccccc1)C(c1ccccc1)c1ccc(-c2cc3c4c(c2)c2cc(-c5ccc(N(c6ccccc6)c6ccccc6)cc5)ccc2n4-c2ccc(-c4ccc(N(c5ccccc5)c5ccccc5)cc4)cc2C3(C)C)cc1. The predicted molar refractivity (Wildman–Crippen MR) is 342 cm³/mol. The molecule has 81 heavy (non-hydrogen) atoms. The van der Waals surface area contributed by atoms with Crippen molar-refractivity contribution >= 4 is 55.9 Å². The number of aromatic nitrogens is 1. The van der Waals surface area contributed by atoms with Crippen molar-refractivity contribution in [1.29, 1.82) is 0 Å². The van der Waals surface area contributed by atoms with E-state index in [1.54, 1.807) is 0 Å². The molecule has 0 radical (unpaired) electrons. The van der Waals surface area contributed by atoms with Crippen molar-refractivity contribution in [3.63, 3.8) is 0 Å². The summed E-state index contributed by atoms with van der Waals surface area (Å²) >= 11 is 0. The van der Waals surface area contributed by atoms with Crippen molar-refractivity contribution < 1.29 is 0 Å². The molecule has 0 amide bonds. The van der Waals surface area contributed by atoms with Gasteiger partial charge in [0, 0.05) is 56.2 Å². The van der Waals surface area contributed by atoms with Gasteiger partial charge in [-0.2, -0.15) is 0 Å². The summed E-state index contributed by atoms with van der Waals surface area (Å²) in [6.45, 7) is 7.22. The fraction of sp³-hybridized carbons (Fsp3) is 0.0769. The van der Waals surface area contributed by atoms with E-state index < -0.39 is 0 Å². The van der Waals surface area contributed by atoms with Crippen LogP contribution in [0.5, 0.6) is 0 Å². The highest BCUT2D eigenvalue weighted by molar-refractivity contribution is 6.14. The van der Waals surface area contributed by atoms with Gasteiger partial charge >= 0.3 is 0 Å². The summed E-state index contributed by atoms with van der Waals surface area (Å²) in [5.41, 5.74) is 23.9. The molecular formula is C78H61N3. The first-order valence-corrected chi connectivity index (χ1v) is 28.3. The zero-order chi connectivity index (χ0) is 54.4. The lowest BCUT2D eigenvalue weighted by Crippen LogP contribution is -2.26. The van der Waals surface area contributed by atoms with E-state index in [1.807, 2.05) is 0 Å². The second-order valence-electron chi connectivity index (χ2n) is 22.2. The number of fused-ring (bicyclic) bond motifs is 5. The third kappa shape index (κ3) is 8.98. The van der Waals surface area contributed by atoms with Gasteiger partial charge in [-0.3, -0.25) is 0 Å². The molecule has 3 nitrogen and oxygen atoms in total. The molecule has 0 fully saturated rings. The minimum Gasteiger partial charge on any atom is -0.311 e. The van der Waals surface area contributed by atoms with Gasteiger partial charge in [-0.15, -0.1) is 0 Å². The summed E-state index contributed by atoms with van der Waals surface area (Å²) in [6, 6.07) is 111. The molecule has 0 saturated heterocycles. The molecule has 0 spiro atoms. The average molecular weight is 1040 g/mol. The molecule has 2 atom stereocenters. The molecule has 0 bridgehead atoms. The number of hydrogen-bond donors (Lipinski definition) is 0. The Bertz CT molecular complexity index is 4250. The molecule has 3 heteroatoms. The Morgan fingerprint density at radius 1 is 0.309 bits per heavy atom. The van der Waals surface area contributed by atoms with Crippen molar-refractivity contribution in [2.45, 2.75) is 38.0 Å². The standard InChI is InChI=1S/C78H61N3/c1-54(55-22-10-4-11-23-55)76(59-24-12-5-13-25-59)60-36-34-58(35-37-60)63-51-71-70-50-61(56-38-44-68(45-39-56)79(64-26-14-6-15-27-64)65-28-16-7-17-29-65)42-48-74(70)81-75-49-43-62(52-72(75)78(2,3)73(53-63)77(71)81)57-40-46-69(47-41-57)80(66-30-18-8-19-31-66)67-32-20-9-21-33-67/h4-54,76H,1-3H3. The third-order valence-electron chi connectivity index (χ3n) is 17.0. The minimum absolute atomic E-state index is 0.198. The third-order valence-corrected chi connectivity index (χ3v) is 17.0. The van der Waals surface area contributed by atoms with Crippen LogP contribution in [-0.4, -0.2) is 4.57 Å². The fourth-order valence-electron chi connectivity index (χ4n) is 12.8. The summed E-state index contributed by atoms with van der Waals surface area (Å²) < 4.78 is 2.55. The number of benzene rings is 12. The van der Waals surface area contributed by atoms with Crippen LogP contribution in [0.3, 0.4) is 0 Å². The van der Waals surface area contributed by atoms with Gasteiger partial charge in [0.05, 0.1) is 16.7 Å². The van der Waals surface area contributed by atoms with Gasteiger partial charge in [-0.05, 0) is 176 Å². The van der Waals surface area contributed by atoms with E-state index in [1.165, 1.54) is 88.7 Å². The second kappa shape index (κ2) is 20.7. The lowest BCUT2D eigenvalue weighted by Gasteiger charge is -2.35. The van der Waals surface area contributed by atoms with E-state index in [2.05, 4.69) is 338 Å². The Morgan fingerprint density at radius 2 is 0.667 bits per heavy atom. The van der Waals surface area contributed by atoms with Crippen LogP contribution in [0.25, 0.3) is 60.9 Å². The summed E-state index contributed by atoms with van der Waals surface area (Å²) in [6.07, 6.45) is 0. The van der Waals surface area contributed by atoms with Crippen molar-refractivity contribution in [2.24, 2.45) is 0 Å². The Kier molecular flexibility index (Phi) is 12.6. The number of para-hydroxylation sites is 4. The highest BCUT2D eigenvalue weighted by atomic mass is 15.1. The number of nitrogens with zero attached hydrogens (tertiary/aromatic N) is 3. The Labute approximate surface area is 475 Å². The Morgan fingerprint density at radius 3 is 1.16 bits per heavy atom. The maximum absolute atomic E-state index is 2.55. The molecule has 12 aromatic carbocycles. The van der Waals surface area contributed by atoms with Crippen molar-refractivity contribution in [2.75, 3.05) is 9.80 Å². The molecule has 13 aromatic rings. The van der Waals surface area contributed by atoms with Crippen molar-refractivity contribution in [3.8, 4) is 39.1 Å². The molecule has 2 unspecified atom stereocenters. The van der Waals surface area contributed by atoms with Crippen LogP contribution in [0.15, 0.2) is 303 Å². The highest BCUT2D eigenvalue weighted by Crippen LogP contribution is 2.51. The summed E-state index contributed by atoms with van der Waals surface area (Å²) in [5, 5.41) is 2.51. The smallest absolute Gasteiger partial charge is 0.0582 e. The fourth-order valence-corrected chi connectivity index (χ4v) is 12.8. The molecule has 1 aromatic heterocycles.